The van der Waals surface area contributed by atoms with E-state index in [-0.39, 0.29) is 12.5 Å². The highest BCUT2D eigenvalue weighted by Crippen LogP contribution is 2.47. The Balaban J connectivity index is 1.50. The highest BCUT2D eigenvalue weighted by Gasteiger charge is 2.60. The minimum Gasteiger partial charge on any atom is -0.462 e. The van der Waals surface area contributed by atoms with Gasteiger partial charge in [-0.1, -0.05) is 23.7 Å². The van der Waals surface area contributed by atoms with Crippen molar-refractivity contribution < 1.29 is 24.0 Å². The molecule has 2 fully saturated rings. The summed E-state index contributed by atoms with van der Waals surface area (Å²) in [5, 5.41) is 2.20. The number of halogens is 1. The maximum absolute atomic E-state index is 13.8. The Morgan fingerprint density at radius 2 is 1.54 bits per heavy atom. The topological polar surface area (TPSA) is 79.4 Å². The number of amides is 2. The SMILES string of the molecule is CCOC(=O)c1ccc(N2C(=O)[C@@H]3[C@H](ON(c4ccc(Cl)cc4)[C@H]3c3ccc(N(C)C)cc3)C2=O)cc1. The van der Waals surface area contributed by atoms with E-state index in [9.17, 15) is 14.4 Å². The fourth-order valence-electron chi connectivity index (χ4n) is 4.75. The van der Waals surface area contributed by atoms with Crippen molar-refractivity contribution in [2.45, 2.75) is 19.1 Å². The van der Waals surface area contributed by atoms with Gasteiger partial charge in [-0.15, -0.1) is 0 Å². The van der Waals surface area contributed by atoms with Crippen LogP contribution in [0.1, 0.15) is 28.9 Å². The molecular formula is C28H26ClN3O5. The van der Waals surface area contributed by atoms with E-state index in [2.05, 4.69) is 0 Å². The van der Waals surface area contributed by atoms with Gasteiger partial charge in [-0.3, -0.25) is 14.4 Å². The van der Waals surface area contributed by atoms with E-state index in [1.165, 1.54) is 0 Å². The smallest absolute Gasteiger partial charge is 0.338 e. The molecule has 5 rings (SSSR count). The first-order valence-corrected chi connectivity index (χ1v) is 12.3. The van der Waals surface area contributed by atoms with Crippen molar-refractivity contribution >= 4 is 46.4 Å². The van der Waals surface area contributed by atoms with Gasteiger partial charge in [-0.2, -0.15) is 0 Å². The average molecular weight is 520 g/mol. The van der Waals surface area contributed by atoms with Gasteiger partial charge in [0.25, 0.3) is 5.91 Å². The lowest BCUT2D eigenvalue weighted by atomic mass is 9.90. The predicted octanol–water partition coefficient (Wildman–Crippen LogP) is 4.63. The standard InChI is InChI=1S/C28H26ClN3O5/c1-4-36-28(35)18-7-13-21(14-8-18)31-26(33)23-24(17-5-11-20(12-6-17)30(2)3)32(37-25(23)27(31)34)22-15-9-19(29)10-16-22/h5-16,23-25H,4H2,1-3H3/t23-,24-,25-/m0/s1. The third-order valence-electron chi connectivity index (χ3n) is 6.58. The summed E-state index contributed by atoms with van der Waals surface area (Å²) in [5.41, 5.74) is 3.25. The molecule has 9 heteroatoms. The molecule has 2 aliphatic heterocycles. The van der Waals surface area contributed by atoms with Gasteiger partial charge in [-0.05, 0) is 73.2 Å². The summed E-state index contributed by atoms with van der Waals surface area (Å²) >= 11 is 6.09. The van der Waals surface area contributed by atoms with E-state index in [1.807, 2.05) is 43.3 Å². The van der Waals surface area contributed by atoms with Gasteiger partial charge in [0.1, 0.15) is 5.92 Å². The number of nitrogens with zero attached hydrogens (tertiary/aromatic N) is 3. The van der Waals surface area contributed by atoms with E-state index in [0.717, 1.165) is 16.2 Å². The number of rotatable bonds is 6. The van der Waals surface area contributed by atoms with E-state index in [0.29, 0.717) is 22.0 Å². The molecule has 0 aromatic heterocycles. The molecule has 0 spiro atoms. The van der Waals surface area contributed by atoms with Crippen molar-refractivity contribution in [2.24, 2.45) is 5.92 Å². The summed E-state index contributed by atoms with van der Waals surface area (Å²) in [4.78, 5) is 48.6. The fourth-order valence-corrected chi connectivity index (χ4v) is 4.88. The third kappa shape index (κ3) is 4.43. The first kappa shape index (κ1) is 24.8. The second kappa shape index (κ2) is 9.88. The minimum absolute atomic E-state index is 0.255. The van der Waals surface area contributed by atoms with E-state index < -0.39 is 29.9 Å². The number of fused-ring (bicyclic) bond motifs is 1. The Bertz CT molecular complexity index is 1330. The summed E-state index contributed by atoms with van der Waals surface area (Å²) in [6, 6.07) is 20.6. The van der Waals surface area contributed by atoms with Gasteiger partial charge in [0.05, 0.1) is 29.6 Å². The lowest BCUT2D eigenvalue weighted by Gasteiger charge is -2.29. The number of hydrogen-bond acceptors (Lipinski definition) is 7. The summed E-state index contributed by atoms with van der Waals surface area (Å²) in [6.07, 6.45) is -0.994. The fraction of sp³-hybridized carbons (Fsp3) is 0.250. The monoisotopic (exact) mass is 519 g/mol. The summed E-state index contributed by atoms with van der Waals surface area (Å²) in [5.74, 6) is -2.05. The summed E-state index contributed by atoms with van der Waals surface area (Å²) in [7, 11) is 3.90. The van der Waals surface area contributed by atoms with Crippen molar-refractivity contribution in [3.8, 4) is 0 Å². The summed E-state index contributed by atoms with van der Waals surface area (Å²) in [6.45, 7) is 1.98. The van der Waals surface area contributed by atoms with Crippen molar-refractivity contribution in [1.29, 1.82) is 0 Å². The number of esters is 1. The number of anilines is 3. The van der Waals surface area contributed by atoms with Crippen LogP contribution in [0.5, 0.6) is 0 Å². The van der Waals surface area contributed by atoms with Crippen LogP contribution >= 0.6 is 11.6 Å². The Kier molecular flexibility index (Phi) is 6.62. The normalized spacial score (nSPS) is 20.8. The molecule has 8 nitrogen and oxygen atoms in total. The zero-order chi connectivity index (χ0) is 26.3. The molecular weight excluding hydrogens is 494 g/mol. The first-order valence-electron chi connectivity index (χ1n) is 11.9. The van der Waals surface area contributed by atoms with Crippen molar-refractivity contribution in [2.75, 3.05) is 35.6 Å². The molecule has 2 saturated heterocycles. The maximum atomic E-state index is 13.8. The van der Waals surface area contributed by atoms with E-state index in [1.54, 1.807) is 60.5 Å². The Morgan fingerprint density at radius 1 is 0.919 bits per heavy atom. The van der Waals surface area contributed by atoms with Gasteiger partial charge in [0, 0.05) is 24.8 Å². The van der Waals surface area contributed by atoms with Crippen LogP contribution in [0.2, 0.25) is 5.02 Å². The number of hydrogen-bond donors (Lipinski definition) is 0. The highest BCUT2D eigenvalue weighted by atomic mass is 35.5. The first-order chi connectivity index (χ1) is 17.8. The average Bonchev–Trinajstić information content (AvgIpc) is 3.40. The van der Waals surface area contributed by atoms with Gasteiger partial charge in [0.15, 0.2) is 6.10 Å². The number of carbonyl (C=O) groups excluding carboxylic acids is 3. The van der Waals surface area contributed by atoms with E-state index in [4.69, 9.17) is 21.2 Å². The van der Waals surface area contributed by atoms with Crippen molar-refractivity contribution in [3.05, 3.63) is 88.9 Å². The van der Waals surface area contributed by atoms with Crippen molar-refractivity contribution in [3.63, 3.8) is 0 Å². The molecule has 0 radical (unpaired) electrons. The molecule has 0 aliphatic carbocycles. The number of benzene rings is 3. The molecule has 2 heterocycles. The predicted molar refractivity (Wildman–Crippen MR) is 141 cm³/mol. The summed E-state index contributed by atoms with van der Waals surface area (Å²) < 4.78 is 5.02. The minimum atomic E-state index is -0.994. The molecule has 3 aromatic rings. The number of hydroxylamine groups is 1. The molecule has 2 aliphatic rings. The Morgan fingerprint density at radius 3 is 2.14 bits per heavy atom. The zero-order valence-electron chi connectivity index (χ0n) is 20.6. The van der Waals surface area contributed by atoms with Crippen LogP contribution in [0.15, 0.2) is 72.8 Å². The molecule has 190 valence electrons. The maximum Gasteiger partial charge on any atom is 0.338 e. The van der Waals surface area contributed by atoms with Gasteiger partial charge in [0.2, 0.25) is 5.91 Å². The van der Waals surface area contributed by atoms with Crippen LogP contribution in [0.4, 0.5) is 17.1 Å². The van der Waals surface area contributed by atoms with Crippen LogP contribution in [-0.4, -0.2) is 44.6 Å². The number of ether oxygens (including phenoxy) is 1. The van der Waals surface area contributed by atoms with Crippen LogP contribution < -0.4 is 14.9 Å². The molecule has 0 N–H and O–H groups in total. The molecule has 37 heavy (non-hydrogen) atoms. The van der Waals surface area contributed by atoms with E-state index >= 15 is 0 Å². The molecule has 3 aromatic carbocycles. The van der Waals surface area contributed by atoms with Crippen LogP contribution in [-0.2, 0) is 19.2 Å². The quantitative estimate of drug-likeness (QED) is 0.347. The molecule has 0 saturated carbocycles. The number of imide groups is 1. The Labute approximate surface area is 219 Å². The molecule has 0 unspecified atom stereocenters. The van der Waals surface area contributed by atoms with Gasteiger partial charge >= 0.3 is 5.97 Å². The zero-order valence-corrected chi connectivity index (χ0v) is 21.4. The van der Waals surface area contributed by atoms with Crippen LogP contribution in [0.25, 0.3) is 0 Å². The largest absolute Gasteiger partial charge is 0.462 e. The molecule has 2 amide bonds. The Hall–Kier alpha value is -3.88. The van der Waals surface area contributed by atoms with Gasteiger partial charge < -0.3 is 9.64 Å². The van der Waals surface area contributed by atoms with Crippen LogP contribution in [0, 0.1) is 5.92 Å². The third-order valence-corrected chi connectivity index (χ3v) is 6.84. The highest BCUT2D eigenvalue weighted by molar-refractivity contribution is 6.30. The number of carbonyl (C=O) groups is 3. The van der Waals surface area contributed by atoms with Gasteiger partial charge in [-0.25, -0.2) is 14.8 Å². The lowest BCUT2D eigenvalue weighted by molar-refractivity contribution is -0.126. The second-order valence-corrected chi connectivity index (χ2v) is 9.50. The molecule has 0 bridgehead atoms. The second-order valence-electron chi connectivity index (χ2n) is 9.06. The molecule has 3 atom stereocenters. The van der Waals surface area contributed by atoms with Crippen molar-refractivity contribution in [1.82, 2.24) is 0 Å². The van der Waals surface area contributed by atoms with Crippen LogP contribution in [0.3, 0.4) is 0 Å². The lowest BCUT2D eigenvalue weighted by Crippen LogP contribution is -2.37.